The third-order valence-corrected chi connectivity index (χ3v) is 4.50. The summed E-state index contributed by atoms with van der Waals surface area (Å²) < 4.78 is 0. The number of nitrogens with zero attached hydrogens (tertiary/aromatic N) is 2. The maximum atomic E-state index is 9.52. The molecule has 0 radical (unpaired) electrons. The first-order valence-electron chi connectivity index (χ1n) is 7.27. The van der Waals surface area contributed by atoms with Gasteiger partial charge >= 0.3 is 0 Å². The third-order valence-electron chi connectivity index (χ3n) is 3.64. The van der Waals surface area contributed by atoms with Crippen molar-refractivity contribution in [3.63, 3.8) is 0 Å². The Labute approximate surface area is 129 Å². The topological polar surface area (TPSA) is 48.7 Å². The Morgan fingerprint density at radius 1 is 1.19 bits per heavy atom. The van der Waals surface area contributed by atoms with Gasteiger partial charge < -0.3 is 5.32 Å². The zero-order chi connectivity index (χ0) is 14.5. The molecule has 3 rings (SSSR count). The van der Waals surface area contributed by atoms with Crippen molar-refractivity contribution in [2.24, 2.45) is 0 Å². The van der Waals surface area contributed by atoms with Crippen LogP contribution in [0.3, 0.4) is 0 Å². The number of thiazole rings is 1. The second-order valence-electron chi connectivity index (χ2n) is 5.11. The van der Waals surface area contributed by atoms with E-state index in [2.05, 4.69) is 16.4 Å². The lowest BCUT2D eigenvalue weighted by Crippen LogP contribution is -2.13. The molecular weight excluding hydrogens is 278 g/mol. The van der Waals surface area contributed by atoms with E-state index in [0.717, 1.165) is 41.3 Å². The van der Waals surface area contributed by atoms with Crippen molar-refractivity contribution in [2.75, 3.05) is 6.54 Å². The number of allylic oxidation sites excluding steroid dienone is 2. The van der Waals surface area contributed by atoms with E-state index in [0.29, 0.717) is 5.57 Å². The molecule has 2 aromatic rings. The van der Waals surface area contributed by atoms with Crippen molar-refractivity contribution in [2.45, 2.75) is 25.7 Å². The molecule has 0 unspecified atom stereocenters. The fourth-order valence-corrected chi connectivity index (χ4v) is 3.37. The highest BCUT2D eigenvalue weighted by molar-refractivity contribution is 7.11. The number of hydrogen-bond donors (Lipinski definition) is 1. The van der Waals surface area contributed by atoms with Crippen molar-refractivity contribution < 1.29 is 0 Å². The van der Waals surface area contributed by atoms with Crippen LogP contribution < -0.4 is 5.32 Å². The fourth-order valence-electron chi connectivity index (χ4n) is 2.52. The van der Waals surface area contributed by atoms with Gasteiger partial charge in [0.1, 0.15) is 16.6 Å². The lowest BCUT2D eigenvalue weighted by molar-refractivity contribution is 0.721. The molecule has 2 heterocycles. The molecule has 0 aliphatic carbocycles. The quantitative estimate of drug-likeness (QED) is 0.844. The predicted molar refractivity (Wildman–Crippen MR) is 86.6 cm³/mol. The van der Waals surface area contributed by atoms with E-state index < -0.39 is 0 Å². The lowest BCUT2D eigenvalue weighted by Gasteiger charge is -2.07. The predicted octanol–water partition coefficient (Wildman–Crippen LogP) is 4.21. The standard InChI is InChI=1S/C17H17N3S/c18-11-14(15-9-5-2-6-10-19-15)17-20-16(12-21-17)13-7-3-1-4-8-13/h1,3-4,7-8,12,19H,2,5-6,9-10H2. The van der Waals surface area contributed by atoms with Gasteiger partial charge in [-0.1, -0.05) is 36.8 Å². The zero-order valence-corrected chi connectivity index (χ0v) is 12.6. The van der Waals surface area contributed by atoms with E-state index in [1.165, 1.54) is 12.8 Å². The number of benzene rings is 1. The summed E-state index contributed by atoms with van der Waals surface area (Å²) in [4.78, 5) is 4.66. The summed E-state index contributed by atoms with van der Waals surface area (Å²) in [6, 6.07) is 12.4. The largest absolute Gasteiger partial charge is 0.387 e. The summed E-state index contributed by atoms with van der Waals surface area (Å²) in [6.45, 7) is 0.956. The number of nitriles is 1. The molecule has 1 saturated heterocycles. The minimum atomic E-state index is 0.712. The van der Waals surface area contributed by atoms with Crippen LogP contribution in [0.1, 0.15) is 30.7 Å². The molecule has 0 saturated carbocycles. The van der Waals surface area contributed by atoms with Crippen LogP contribution >= 0.6 is 11.3 Å². The van der Waals surface area contributed by atoms with Crippen molar-refractivity contribution >= 4 is 16.9 Å². The minimum Gasteiger partial charge on any atom is -0.387 e. The molecule has 21 heavy (non-hydrogen) atoms. The van der Waals surface area contributed by atoms with E-state index in [9.17, 15) is 5.26 Å². The number of hydrogen-bond acceptors (Lipinski definition) is 4. The summed E-state index contributed by atoms with van der Waals surface area (Å²) in [5, 5.41) is 15.8. The molecular formula is C17H17N3S. The summed E-state index contributed by atoms with van der Waals surface area (Å²) in [7, 11) is 0. The maximum Gasteiger partial charge on any atom is 0.136 e. The van der Waals surface area contributed by atoms with Crippen molar-refractivity contribution in [3.05, 3.63) is 46.4 Å². The molecule has 1 aromatic carbocycles. The molecule has 1 aliphatic rings. The highest BCUT2D eigenvalue weighted by Gasteiger charge is 2.15. The molecule has 1 N–H and O–H groups in total. The third kappa shape index (κ3) is 3.14. The van der Waals surface area contributed by atoms with Crippen LogP contribution in [0.4, 0.5) is 0 Å². The summed E-state index contributed by atoms with van der Waals surface area (Å²) >= 11 is 1.55. The molecule has 1 aliphatic heterocycles. The second kappa shape index (κ2) is 6.55. The van der Waals surface area contributed by atoms with Gasteiger partial charge in [-0.15, -0.1) is 11.3 Å². The van der Waals surface area contributed by atoms with Crippen LogP contribution in [0.5, 0.6) is 0 Å². The first-order valence-corrected chi connectivity index (χ1v) is 8.15. The number of rotatable bonds is 2. The first-order chi connectivity index (χ1) is 10.4. The van der Waals surface area contributed by atoms with Crippen LogP contribution in [-0.2, 0) is 0 Å². The van der Waals surface area contributed by atoms with Crippen molar-refractivity contribution in [1.29, 1.82) is 5.26 Å². The van der Waals surface area contributed by atoms with Gasteiger partial charge in [0.2, 0.25) is 0 Å². The van der Waals surface area contributed by atoms with Gasteiger partial charge in [0.25, 0.3) is 0 Å². The molecule has 4 heteroatoms. The highest BCUT2D eigenvalue weighted by atomic mass is 32.1. The first kappa shape index (κ1) is 13.8. The van der Waals surface area contributed by atoms with Crippen molar-refractivity contribution in [1.82, 2.24) is 10.3 Å². The van der Waals surface area contributed by atoms with Gasteiger partial charge in [0.05, 0.1) is 5.69 Å². The minimum absolute atomic E-state index is 0.712. The molecule has 0 amide bonds. The lowest BCUT2D eigenvalue weighted by atomic mass is 10.1. The van der Waals surface area contributed by atoms with E-state index in [-0.39, 0.29) is 0 Å². The average Bonchev–Trinajstić information content (AvgIpc) is 2.86. The van der Waals surface area contributed by atoms with Crippen LogP contribution in [0.2, 0.25) is 0 Å². The Balaban J connectivity index is 1.94. The van der Waals surface area contributed by atoms with E-state index in [4.69, 9.17) is 0 Å². The van der Waals surface area contributed by atoms with E-state index in [1.807, 2.05) is 35.7 Å². The van der Waals surface area contributed by atoms with Gasteiger partial charge in [0, 0.05) is 23.2 Å². The Bertz CT molecular complexity index is 670. The average molecular weight is 295 g/mol. The molecule has 1 fully saturated rings. The highest BCUT2D eigenvalue weighted by Crippen LogP contribution is 2.28. The molecule has 1 aromatic heterocycles. The summed E-state index contributed by atoms with van der Waals surface area (Å²) in [5.41, 5.74) is 3.81. The van der Waals surface area contributed by atoms with Crippen LogP contribution in [-0.4, -0.2) is 11.5 Å². The van der Waals surface area contributed by atoms with Gasteiger partial charge in [-0.2, -0.15) is 5.26 Å². The van der Waals surface area contributed by atoms with Gasteiger partial charge in [0.15, 0.2) is 0 Å². The molecule has 0 atom stereocenters. The molecule has 0 spiro atoms. The van der Waals surface area contributed by atoms with Crippen LogP contribution in [0, 0.1) is 11.3 Å². The van der Waals surface area contributed by atoms with Crippen LogP contribution in [0.15, 0.2) is 41.4 Å². The Hall–Kier alpha value is -2.12. The summed E-state index contributed by atoms with van der Waals surface area (Å²) in [6.07, 6.45) is 4.49. The SMILES string of the molecule is N#CC(=C1CCCCCN1)c1nc(-c2ccccc2)cs1. The van der Waals surface area contributed by atoms with Gasteiger partial charge in [-0.3, -0.25) is 0 Å². The van der Waals surface area contributed by atoms with Gasteiger partial charge in [-0.05, 0) is 19.3 Å². The Morgan fingerprint density at radius 3 is 2.86 bits per heavy atom. The molecule has 106 valence electrons. The maximum absolute atomic E-state index is 9.52. The number of aromatic nitrogens is 1. The molecule has 3 nitrogen and oxygen atoms in total. The second-order valence-corrected chi connectivity index (χ2v) is 5.96. The molecule has 0 bridgehead atoms. The normalized spacial score (nSPS) is 17.5. The number of nitrogens with one attached hydrogen (secondary N) is 1. The monoisotopic (exact) mass is 295 g/mol. The van der Waals surface area contributed by atoms with Crippen molar-refractivity contribution in [3.8, 4) is 17.3 Å². The van der Waals surface area contributed by atoms with Crippen LogP contribution in [0.25, 0.3) is 16.8 Å². The smallest absolute Gasteiger partial charge is 0.136 e. The fraction of sp³-hybridized carbons (Fsp3) is 0.294. The van der Waals surface area contributed by atoms with Gasteiger partial charge in [-0.25, -0.2) is 4.98 Å². The summed E-state index contributed by atoms with van der Waals surface area (Å²) in [5.74, 6) is 0. The Morgan fingerprint density at radius 2 is 2.05 bits per heavy atom. The zero-order valence-electron chi connectivity index (χ0n) is 11.8. The Kier molecular flexibility index (Phi) is 4.32. The van der Waals surface area contributed by atoms with E-state index >= 15 is 0 Å². The van der Waals surface area contributed by atoms with E-state index in [1.54, 1.807) is 11.3 Å².